The number of hydrogen-bond acceptors (Lipinski definition) is 5. The number of carbonyl (C=O) groups excluding carboxylic acids is 1. The van der Waals surface area contributed by atoms with Crippen LogP contribution in [-0.4, -0.2) is 56.8 Å². The third-order valence-electron chi connectivity index (χ3n) is 4.97. The summed E-state index contributed by atoms with van der Waals surface area (Å²) in [4.78, 5) is 16.8. The van der Waals surface area contributed by atoms with Crippen LogP contribution in [0, 0.1) is 6.92 Å². The molecule has 1 aliphatic rings. The lowest BCUT2D eigenvalue weighted by molar-refractivity contribution is 0.0913. The van der Waals surface area contributed by atoms with Crippen molar-refractivity contribution in [3.05, 3.63) is 51.7 Å². The molecule has 0 bridgehead atoms. The van der Waals surface area contributed by atoms with E-state index in [1.54, 1.807) is 32.3 Å². The zero-order valence-electron chi connectivity index (χ0n) is 16.5. The van der Waals surface area contributed by atoms with E-state index in [9.17, 15) is 13.2 Å². The fraction of sp³-hybridized carbons (Fsp3) is 0.450. The maximum absolute atomic E-state index is 12.3. The highest BCUT2D eigenvalue weighted by molar-refractivity contribution is 7.89. The topological polar surface area (TPSA) is 69.7 Å². The summed E-state index contributed by atoms with van der Waals surface area (Å²) in [6.45, 7) is 4.46. The van der Waals surface area contributed by atoms with Crippen molar-refractivity contribution in [2.75, 3.05) is 27.2 Å². The van der Waals surface area contributed by atoms with Gasteiger partial charge in [-0.15, -0.1) is 11.3 Å². The maximum Gasteiger partial charge on any atom is 0.261 e. The normalized spacial score (nSPS) is 16.4. The summed E-state index contributed by atoms with van der Waals surface area (Å²) in [6, 6.07) is 11.2. The minimum atomic E-state index is -3.42. The van der Waals surface area contributed by atoms with Gasteiger partial charge in [0, 0.05) is 44.6 Å². The molecular weight excluding hydrogens is 394 g/mol. The summed E-state index contributed by atoms with van der Waals surface area (Å²) in [6.07, 6.45) is 1.79. The Morgan fingerprint density at radius 3 is 2.54 bits per heavy atom. The van der Waals surface area contributed by atoms with E-state index in [0.717, 1.165) is 41.2 Å². The van der Waals surface area contributed by atoms with E-state index in [0.29, 0.717) is 11.4 Å². The van der Waals surface area contributed by atoms with Gasteiger partial charge in [0.1, 0.15) is 0 Å². The van der Waals surface area contributed by atoms with Gasteiger partial charge in [-0.1, -0.05) is 12.1 Å². The molecule has 0 spiro atoms. The van der Waals surface area contributed by atoms with Crippen LogP contribution in [0.5, 0.6) is 0 Å². The Morgan fingerprint density at radius 1 is 1.21 bits per heavy atom. The van der Waals surface area contributed by atoms with Gasteiger partial charge in [-0.25, -0.2) is 12.7 Å². The second kappa shape index (κ2) is 8.73. The first kappa shape index (κ1) is 21.0. The number of nitrogens with zero attached hydrogens (tertiary/aromatic N) is 2. The second-order valence-electron chi connectivity index (χ2n) is 7.37. The molecular formula is C20H27N3O3S2. The van der Waals surface area contributed by atoms with Gasteiger partial charge in [-0.2, -0.15) is 0 Å². The molecule has 1 aromatic heterocycles. The van der Waals surface area contributed by atoms with Crippen LogP contribution in [0.1, 0.15) is 33.0 Å². The number of amides is 1. The summed E-state index contributed by atoms with van der Waals surface area (Å²) < 4.78 is 25.9. The van der Waals surface area contributed by atoms with Crippen LogP contribution in [0.15, 0.2) is 41.3 Å². The van der Waals surface area contributed by atoms with Crippen molar-refractivity contribution in [3.8, 4) is 0 Å². The Balaban J connectivity index is 1.54. The Kier molecular flexibility index (Phi) is 6.54. The fourth-order valence-electron chi connectivity index (χ4n) is 3.32. The van der Waals surface area contributed by atoms with E-state index in [4.69, 9.17) is 0 Å². The van der Waals surface area contributed by atoms with Gasteiger partial charge in [0.25, 0.3) is 5.91 Å². The summed E-state index contributed by atoms with van der Waals surface area (Å²) in [5.41, 5.74) is 0.986. The molecule has 0 radical (unpaired) electrons. The van der Waals surface area contributed by atoms with Gasteiger partial charge in [0.15, 0.2) is 0 Å². The number of hydrogen-bond donors (Lipinski definition) is 1. The zero-order chi connectivity index (χ0) is 20.3. The molecule has 0 unspecified atom stereocenters. The highest BCUT2D eigenvalue weighted by Gasteiger charge is 2.22. The lowest BCUT2D eigenvalue weighted by Crippen LogP contribution is -2.44. The van der Waals surface area contributed by atoms with Crippen LogP contribution in [0.3, 0.4) is 0 Å². The van der Waals surface area contributed by atoms with Gasteiger partial charge >= 0.3 is 0 Å². The van der Waals surface area contributed by atoms with E-state index >= 15 is 0 Å². The smallest absolute Gasteiger partial charge is 0.261 e. The van der Waals surface area contributed by atoms with Crippen LogP contribution in [-0.2, 0) is 16.6 Å². The number of likely N-dealkylation sites (tertiary alicyclic amines) is 1. The van der Waals surface area contributed by atoms with Crippen molar-refractivity contribution >= 4 is 27.3 Å². The van der Waals surface area contributed by atoms with Crippen LogP contribution in [0.2, 0.25) is 0 Å². The molecule has 1 saturated heterocycles. The molecule has 1 amide bonds. The minimum Gasteiger partial charge on any atom is -0.349 e. The van der Waals surface area contributed by atoms with Gasteiger partial charge in [-0.3, -0.25) is 9.69 Å². The Morgan fingerprint density at radius 2 is 1.93 bits per heavy atom. The predicted molar refractivity (Wildman–Crippen MR) is 112 cm³/mol. The van der Waals surface area contributed by atoms with E-state index in [1.807, 2.05) is 25.1 Å². The van der Waals surface area contributed by atoms with Crippen molar-refractivity contribution in [2.45, 2.75) is 37.2 Å². The lowest BCUT2D eigenvalue weighted by Gasteiger charge is -2.32. The van der Waals surface area contributed by atoms with Crippen molar-refractivity contribution < 1.29 is 13.2 Å². The molecule has 1 aliphatic heterocycles. The molecule has 2 aromatic rings. The van der Waals surface area contributed by atoms with E-state index in [-0.39, 0.29) is 11.9 Å². The van der Waals surface area contributed by atoms with Crippen molar-refractivity contribution in [2.24, 2.45) is 0 Å². The number of aryl methyl sites for hydroxylation is 1. The first-order valence-electron chi connectivity index (χ1n) is 9.37. The molecule has 0 saturated carbocycles. The number of benzene rings is 1. The summed E-state index contributed by atoms with van der Waals surface area (Å²) in [5.74, 6) is 0.0122. The Labute approximate surface area is 171 Å². The standard InChI is InChI=1S/C20H27N3O3S2/c1-15-7-8-19(27-15)20(24)21-17-9-11-23(12-10-17)14-16-5-4-6-18(13-16)28(25,26)22(2)3/h4-8,13,17H,9-12,14H2,1-3H3,(H,21,24). The first-order valence-corrected chi connectivity index (χ1v) is 11.6. The van der Waals surface area contributed by atoms with Crippen LogP contribution >= 0.6 is 11.3 Å². The Hall–Kier alpha value is -1.74. The average Bonchev–Trinajstić information content (AvgIpc) is 3.10. The molecule has 152 valence electrons. The highest BCUT2D eigenvalue weighted by atomic mass is 32.2. The molecule has 1 fully saturated rings. The third-order valence-corrected chi connectivity index (χ3v) is 7.78. The SMILES string of the molecule is Cc1ccc(C(=O)NC2CCN(Cc3cccc(S(=O)(=O)N(C)C)c3)CC2)s1. The first-order chi connectivity index (χ1) is 13.3. The van der Waals surface area contributed by atoms with E-state index in [2.05, 4.69) is 10.2 Å². The summed E-state index contributed by atoms with van der Waals surface area (Å²) >= 11 is 1.52. The van der Waals surface area contributed by atoms with E-state index in [1.165, 1.54) is 15.6 Å². The summed E-state index contributed by atoms with van der Waals surface area (Å²) in [5, 5.41) is 3.13. The molecule has 8 heteroatoms. The molecule has 0 aliphatic carbocycles. The third kappa shape index (κ3) is 5.00. The predicted octanol–water partition coefficient (Wildman–Crippen LogP) is 2.70. The average molecular weight is 422 g/mol. The van der Waals surface area contributed by atoms with Gasteiger partial charge < -0.3 is 5.32 Å². The summed E-state index contributed by atoms with van der Waals surface area (Å²) in [7, 11) is -0.338. The molecule has 1 aromatic carbocycles. The van der Waals surface area contributed by atoms with Gasteiger partial charge in [-0.05, 0) is 49.6 Å². The van der Waals surface area contributed by atoms with Gasteiger partial charge in [0.2, 0.25) is 10.0 Å². The number of rotatable bonds is 6. The number of nitrogens with one attached hydrogen (secondary N) is 1. The number of sulfonamides is 1. The van der Waals surface area contributed by atoms with E-state index < -0.39 is 10.0 Å². The van der Waals surface area contributed by atoms with Gasteiger partial charge in [0.05, 0.1) is 9.77 Å². The lowest BCUT2D eigenvalue weighted by atomic mass is 10.0. The monoisotopic (exact) mass is 421 g/mol. The van der Waals surface area contributed by atoms with Crippen molar-refractivity contribution in [1.82, 2.24) is 14.5 Å². The molecule has 6 nitrogen and oxygen atoms in total. The molecule has 2 heterocycles. The molecule has 3 rings (SSSR count). The largest absolute Gasteiger partial charge is 0.349 e. The van der Waals surface area contributed by atoms with Crippen LogP contribution < -0.4 is 5.32 Å². The van der Waals surface area contributed by atoms with Crippen molar-refractivity contribution in [1.29, 1.82) is 0 Å². The number of thiophene rings is 1. The molecule has 28 heavy (non-hydrogen) atoms. The molecule has 0 atom stereocenters. The fourth-order valence-corrected chi connectivity index (χ4v) is 5.06. The molecule has 1 N–H and O–H groups in total. The zero-order valence-corrected chi connectivity index (χ0v) is 18.1. The quantitative estimate of drug-likeness (QED) is 0.779. The highest BCUT2D eigenvalue weighted by Crippen LogP contribution is 2.20. The maximum atomic E-state index is 12.3. The number of carbonyl (C=O) groups is 1. The van der Waals surface area contributed by atoms with Crippen LogP contribution in [0.25, 0.3) is 0 Å². The van der Waals surface area contributed by atoms with Crippen LogP contribution in [0.4, 0.5) is 0 Å². The Bertz CT molecular complexity index is 930. The second-order valence-corrected chi connectivity index (χ2v) is 10.8. The van der Waals surface area contributed by atoms with Crippen molar-refractivity contribution in [3.63, 3.8) is 0 Å². The number of piperidine rings is 1. The minimum absolute atomic E-state index is 0.0122.